The molecule has 2 aromatic carbocycles. The van der Waals surface area contributed by atoms with E-state index in [2.05, 4.69) is 28.4 Å². The van der Waals surface area contributed by atoms with Gasteiger partial charge in [0, 0.05) is 48.0 Å². The van der Waals surface area contributed by atoms with Gasteiger partial charge in [0.25, 0.3) is 0 Å². The van der Waals surface area contributed by atoms with Crippen LogP contribution in [0.5, 0.6) is 0 Å². The van der Waals surface area contributed by atoms with Gasteiger partial charge in [-0.2, -0.15) is 0 Å². The fraction of sp³-hybridized carbons (Fsp3) is 0.350. The number of piperidine rings is 1. The summed E-state index contributed by atoms with van der Waals surface area (Å²) in [5.74, 6) is 0. The van der Waals surface area contributed by atoms with Gasteiger partial charge < -0.3 is 22.2 Å². The van der Waals surface area contributed by atoms with E-state index >= 15 is 0 Å². The van der Waals surface area contributed by atoms with E-state index in [1.54, 1.807) is 0 Å². The Bertz CT molecular complexity index is 756. The highest BCUT2D eigenvalue weighted by Gasteiger charge is 2.20. The summed E-state index contributed by atoms with van der Waals surface area (Å²) in [6.07, 6.45) is 3.62. The Hall–Kier alpha value is -2.53. The highest BCUT2D eigenvalue weighted by molar-refractivity contribution is 5.86. The third-order valence-corrected chi connectivity index (χ3v) is 4.87. The first-order valence-electron chi connectivity index (χ1n) is 8.79. The van der Waals surface area contributed by atoms with Gasteiger partial charge in [0.1, 0.15) is 0 Å². The van der Waals surface area contributed by atoms with Crippen LogP contribution in [-0.4, -0.2) is 30.2 Å². The van der Waals surface area contributed by atoms with Crippen molar-refractivity contribution in [3.63, 3.8) is 0 Å². The van der Waals surface area contributed by atoms with Crippen LogP contribution in [0, 0.1) is 12.3 Å². The van der Waals surface area contributed by atoms with E-state index in [1.165, 1.54) is 18.2 Å². The molecule has 1 aliphatic rings. The molecule has 1 aliphatic heterocycles. The van der Waals surface area contributed by atoms with Crippen LogP contribution in [0.4, 0.5) is 17.1 Å². The average molecular weight is 337 g/mol. The topological polar surface area (TPSA) is 91.2 Å². The third-order valence-electron chi connectivity index (χ3n) is 4.87. The lowest BCUT2D eigenvalue weighted by molar-refractivity contribution is 0.208. The van der Waals surface area contributed by atoms with Crippen molar-refractivity contribution in [1.82, 2.24) is 4.90 Å². The molecule has 3 rings (SSSR count). The Labute approximate surface area is 149 Å². The molecular weight excluding hydrogens is 310 g/mol. The minimum absolute atomic E-state index is 0.402. The number of aryl methyl sites for hydroxylation is 1. The Balaban J connectivity index is 1.62. The zero-order chi connectivity index (χ0) is 17.8. The summed E-state index contributed by atoms with van der Waals surface area (Å²) in [6, 6.07) is 12.5. The fourth-order valence-corrected chi connectivity index (χ4v) is 3.39. The summed E-state index contributed by atoms with van der Waals surface area (Å²) >= 11 is 0. The summed E-state index contributed by atoms with van der Waals surface area (Å²) < 4.78 is 0. The SMILES string of the molecule is Cc1ccc(CN2CCC[C@@H](Nc3ccc(N)c(C=N)c3)C2)cc1N. The van der Waals surface area contributed by atoms with Gasteiger partial charge in [0.05, 0.1) is 0 Å². The van der Waals surface area contributed by atoms with Gasteiger partial charge in [0.15, 0.2) is 0 Å². The smallest absolute Gasteiger partial charge is 0.0404 e. The highest BCUT2D eigenvalue weighted by Crippen LogP contribution is 2.22. The molecule has 0 bridgehead atoms. The molecule has 2 aromatic rings. The van der Waals surface area contributed by atoms with Gasteiger partial charge in [-0.05, 0) is 61.7 Å². The second-order valence-corrected chi connectivity index (χ2v) is 6.90. The van der Waals surface area contributed by atoms with Crippen LogP contribution in [0.25, 0.3) is 0 Å². The Morgan fingerprint density at radius 3 is 2.80 bits per heavy atom. The quantitative estimate of drug-likeness (QED) is 0.498. The van der Waals surface area contributed by atoms with Gasteiger partial charge in [-0.25, -0.2) is 0 Å². The lowest BCUT2D eigenvalue weighted by atomic mass is 10.0. The zero-order valence-corrected chi connectivity index (χ0v) is 14.8. The molecule has 0 saturated carbocycles. The number of nitrogens with zero attached hydrogens (tertiary/aromatic N) is 1. The molecule has 5 nitrogen and oxygen atoms in total. The summed E-state index contributed by atoms with van der Waals surface area (Å²) in [5, 5.41) is 11.0. The van der Waals surface area contributed by atoms with Crippen molar-refractivity contribution in [3.05, 3.63) is 53.1 Å². The van der Waals surface area contributed by atoms with Gasteiger partial charge in [-0.1, -0.05) is 12.1 Å². The zero-order valence-electron chi connectivity index (χ0n) is 14.8. The molecule has 1 saturated heterocycles. The molecule has 0 amide bonds. The second kappa shape index (κ2) is 7.57. The number of nitrogens with two attached hydrogens (primary N) is 2. The maximum Gasteiger partial charge on any atom is 0.0404 e. The molecule has 1 fully saturated rings. The van der Waals surface area contributed by atoms with Crippen LogP contribution in [0.3, 0.4) is 0 Å². The van der Waals surface area contributed by atoms with Crippen LogP contribution < -0.4 is 16.8 Å². The summed E-state index contributed by atoms with van der Waals surface area (Å²) in [5.41, 5.74) is 17.6. The van der Waals surface area contributed by atoms with E-state index < -0.39 is 0 Å². The van der Waals surface area contributed by atoms with Crippen LogP contribution in [0.2, 0.25) is 0 Å². The van der Waals surface area contributed by atoms with Crippen molar-refractivity contribution in [2.75, 3.05) is 29.9 Å². The molecule has 25 heavy (non-hydrogen) atoms. The first-order chi connectivity index (χ1) is 12.0. The number of nitrogens with one attached hydrogen (secondary N) is 2. The van der Waals surface area contributed by atoms with Gasteiger partial charge in [-0.3, -0.25) is 4.90 Å². The average Bonchev–Trinajstić information content (AvgIpc) is 2.60. The molecule has 0 aliphatic carbocycles. The van der Waals surface area contributed by atoms with Crippen molar-refractivity contribution >= 4 is 23.3 Å². The number of hydrogen-bond donors (Lipinski definition) is 4. The second-order valence-electron chi connectivity index (χ2n) is 6.90. The minimum atomic E-state index is 0.402. The van der Waals surface area contributed by atoms with Gasteiger partial charge >= 0.3 is 0 Å². The lowest BCUT2D eigenvalue weighted by Crippen LogP contribution is -2.41. The van der Waals surface area contributed by atoms with Crippen molar-refractivity contribution in [1.29, 1.82) is 5.41 Å². The molecule has 132 valence electrons. The fourth-order valence-electron chi connectivity index (χ4n) is 3.39. The van der Waals surface area contributed by atoms with Crippen molar-refractivity contribution in [3.8, 4) is 0 Å². The molecular formula is C20H27N5. The van der Waals surface area contributed by atoms with E-state index in [-0.39, 0.29) is 0 Å². The predicted molar refractivity (Wildman–Crippen MR) is 106 cm³/mol. The van der Waals surface area contributed by atoms with Crippen LogP contribution in [0.15, 0.2) is 36.4 Å². The highest BCUT2D eigenvalue weighted by atomic mass is 15.2. The molecule has 0 unspecified atom stereocenters. The molecule has 0 aromatic heterocycles. The molecule has 0 radical (unpaired) electrons. The summed E-state index contributed by atoms with van der Waals surface area (Å²) in [4.78, 5) is 2.47. The number of anilines is 3. The van der Waals surface area contributed by atoms with Crippen LogP contribution in [-0.2, 0) is 6.54 Å². The number of benzene rings is 2. The van der Waals surface area contributed by atoms with E-state index in [0.717, 1.165) is 48.6 Å². The maximum atomic E-state index is 7.44. The van der Waals surface area contributed by atoms with E-state index in [4.69, 9.17) is 16.9 Å². The molecule has 0 spiro atoms. The first-order valence-corrected chi connectivity index (χ1v) is 8.79. The summed E-state index contributed by atoms with van der Waals surface area (Å²) in [6.45, 7) is 5.07. The number of likely N-dealkylation sites (tertiary alicyclic amines) is 1. The number of nitrogen functional groups attached to an aromatic ring is 2. The number of rotatable bonds is 5. The Morgan fingerprint density at radius 1 is 1.20 bits per heavy atom. The third kappa shape index (κ3) is 4.31. The predicted octanol–water partition coefficient (Wildman–Crippen LogP) is 3.23. The number of hydrogen-bond acceptors (Lipinski definition) is 5. The minimum Gasteiger partial charge on any atom is -0.399 e. The largest absolute Gasteiger partial charge is 0.399 e. The lowest BCUT2D eigenvalue weighted by Gasteiger charge is -2.34. The Kier molecular flexibility index (Phi) is 5.24. The molecule has 6 N–H and O–H groups in total. The van der Waals surface area contributed by atoms with Crippen molar-refractivity contribution < 1.29 is 0 Å². The molecule has 1 atom stereocenters. The van der Waals surface area contributed by atoms with E-state index in [9.17, 15) is 0 Å². The van der Waals surface area contributed by atoms with Crippen LogP contribution in [0.1, 0.15) is 29.5 Å². The normalized spacial score (nSPS) is 18.0. The van der Waals surface area contributed by atoms with Crippen molar-refractivity contribution in [2.45, 2.75) is 32.4 Å². The monoisotopic (exact) mass is 337 g/mol. The molecule has 5 heteroatoms. The van der Waals surface area contributed by atoms with Gasteiger partial charge in [-0.15, -0.1) is 0 Å². The molecule has 1 heterocycles. The standard InChI is InChI=1S/C20H27N5/c1-14-4-5-15(9-20(14)23)12-25-8-2-3-18(13-25)24-17-6-7-19(22)16(10-17)11-21/h4-7,9-11,18,21,24H,2-3,8,12-13,22-23H2,1H3/t18-/m1/s1. The van der Waals surface area contributed by atoms with Crippen LogP contribution >= 0.6 is 0 Å². The maximum absolute atomic E-state index is 7.44. The Morgan fingerprint density at radius 2 is 2.04 bits per heavy atom. The first kappa shape index (κ1) is 17.3. The summed E-state index contributed by atoms with van der Waals surface area (Å²) in [7, 11) is 0. The van der Waals surface area contributed by atoms with Crippen molar-refractivity contribution in [2.24, 2.45) is 0 Å². The van der Waals surface area contributed by atoms with Gasteiger partial charge in [0.2, 0.25) is 0 Å². The van der Waals surface area contributed by atoms with E-state index in [0.29, 0.717) is 11.7 Å². The van der Waals surface area contributed by atoms with E-state index in [1.807, 2.05) is 25.1 Å².